The Morgan fingerprint density at radius 3 is 2.57 bits per heavy atom. The second kappa shape index (κ2) is 3.88. The molecule has 0 aliphatic carbocycles. The van der Waals surface area contributed by atoms with Crippen LogP contribution < -0.4 is 0 Å². The average Bonchev–Trinajstić information content (AvgIpc) is 1.68. The lowest BCUT2D eigenvalue weighted by molar-refractivity contribution is 0.299. The quantitative estimate of drug-likeness (QED) is 0.550. The van der Waals surface area contributed by atoms with Crippen molar-refractivity contribution in [3.05, 3.63) is 18.6 Å². The summed E-state index contributed by atoms with van der Waals surface area (Å²) in [5, 5.41) is 8.30. The maximum absolute atomic E-state index is 8.30. The van der Waals surface area contributed by atoms with Crippen LogP contribution in [0.4, 0.5) is 0 Å². The highest BCUT2D eigenvalue weighted by Gasteiger charge is 1.80. The van der Waals surface area contributed by atoms with E-state index in [0.717, 1.165) is 12.0 Å². The maximum atomic E-state index is 8.30. The summed E-state index contributed by atoms with van der Waals surface area (Å²) in [6.07, 6.45) is 2.51. The fourth-order valence-electron chi connectivity index (χ4n) is 0.278. The van der Waals surface area contributed by atoms with Crippen LogP contribution in [0.2, 0.25) is 0 Å². The van der Waals surface area contributed by atoms with E-state index in [1.54, 1.807) is 6.08 Å². The number of hydrogen-bond acceptors (Lipinski definition) is 1. The molecule has 1 nitrogen and oxygen atoms in total. The molecule has 0 amide bonds. The highest BCUT2D eigenvalue weighted by atomic mass is 16.2. The van der Waals surface area contributed by atoms with Crippen molar-refractivity contribution in [3.63, 3.8) is 0 Å². The van der Waals surface area contributed by atoms with Gasteiger partial charge in [-0.15, -0.1) is 0 Å². The van der Waals surface area contributed by atoms with E-state index in [1.165, 1.54) is 0 Å². The van der Waals surface area contributed by atoms with Gasteiger partial charge in [-0.25, -0.2) is 0 Å². The van der Waals surface area contributed by atoms with Gasteiger partial charge in [0.2, 0.25) is 0 Å². The summed E-state index contributed by atoms with van der Waals surface area (Å²) in [6.45, 7) is 5.71. The molecule has 0 saturated heterocycles. The van der Waals surface area contributed by atoms with E-state index < -0.39 is 0 Å². The van der Waals surface area contributed by atoms with Crippen LogP contribution in [0.5, 0.6) is 0 Å². The molecule has 0 aromatic heterocycles. The van der Waals surface area contributed by atoms with Crippen molar-refractivity contribution < 1.29 is 5.11 Å². The van der Waals surface area contributed by atoms with E-state index in [2.05, 4.69) is 6.92 Å². The predicted molar refractivity (Wildman–Crippen MR) is 30.8 cm³/mol. The Morgan fingerprint density at radius 2 is 2.43 bits per heavy atom. The fraction of sp³-hybridized carbons (Fsp3) is 0.500. The van der Waals surface area contributed by atoms with Crippen LogP contribution in [0, 0.1) is 6.92 Å². The Labute approximate surface area is 44.7 Å². The molecule has 1 radical (unpaired) electrons. The van der Waals surface area contributed by atoms with Gasteiger partial charge < -0.3 is 5.11 Å². The van der Waals surface area contributed by atoms with Gasteiger partial charge in [-0.1, -0.05) is 11.6 Å². The number of allylic oxidation sites excluding steroid dienone is 1. The second-order valence-electron chi connectivity index (χ2n) is 1.52. The minimum Gasteiger partial charge on any atom is -0.396 e. The Morgan fingerprint density at radius 1 is 1.86 bits per heavy atom. The van der Waals surface area contributed by atoms with Crippen molar-refractivity contribution in [2.45, 2.75) is 13.3 Å². The molecule has 0 fully saturated rings. The molecule has 0 atom stereocenters. The molecule has 0 saturated carbocycles. The summed E-state index contributed by atoms with van der Waals surface area (Å²) < 4.78 is 0. The third-order valence-corrected chi connectivity index (χ3v) is 0.855. The minimum atomic E-state index is 0.234. The average molecular weight is 99.2 g/mol. The van der Waals surface area contributed by atoms with Gasteiger partial charge >= 0.3 is 0 Å². The van der Waals surface area contributed by atoms with Crippen LogP contribution in [0.1, 0.15) is 13.3 Å². The van der Waals surface area contributed by atoms with Gasteiger partial charge in [0, 0.05) is 6.61 Å². The maximum Gasteiger partial charge on any atom is 0.0468 e. The Kier molecular flexibility index (Phi) is 3.71. The van der Waals surface area contributed by atoms with Gasteiger partial charge in [0.05, 0.1) is 0 Å². The van der Waals surface area contributed by atoms with E-state index >= 15 is 0 Å². The standard InChI is InChI=1S/C6H11O/c1-3-6(2)4-5-7/h3,7H,1,4-5H2,2H3. The molecule has 41 valence electrons. The molecule has 0 rings (SSSR count). The zero-order valence-electron chi connectivity index (χ0n) is 4.65. The first-order valence-electron chi connectivity index (χ1n) is 2.37. The molecule has 0 heterocycles. The zero-order valence-corrected chi connectivity index (χ0v) is 4.65. The highest BCUT2D eigenvalue weighted by molar-refractivity contribution is 4.98. The molecule has 0 aliphatic rings. The molecule has 1 N–H and O–H groups in total. The summed E-state index contributed by atoms with van der Waals surface area (Å²) in [6, 6.07) is 0. The Bertz CT molecular complexity index is 64.6. The molecule has 0 aromatic rings. The van der Waals surface area contributed by atoms with E-state index in [0.29, 0.717) is 0 Å². The summed E-state index contributed by atoms with van der Waals surface area (Å²) in [7, 11) is 0. The number of rotatable bonds is 2. The fourth-order valence-corrected chi connectivity index (χ4v) is 0.278. The largest absolute Gasteiger partial charge is 0.396 e. The van der Waals surface area contributed by atoms with Crippen molar-refractivity contribution in [3.8, 4) is 0 Å². The normalized spacial score (nSPS) is 12.1. The third-order valence-electron chi connectivity index (χ3n) is 0.855. The van der Waals surface area contributed by atoms with Crippen molar-refractivity contribution in [1.82, 2.24) is 0 Å². The smallest absolute Gasteiger partial charge is 0.0468 e. The van der Waals surface area contributed by atoms with E-state index in [1.807, 2.05) is 6.92 Å². The van der Waals surface area contributed by atoms with Crippen molar-refractivity contribution in [1.29, 1.82) is 0 Å². The molecule has 0 bridgehead atoms. The van der Waals surface area contributed by atoms with Crippen LogP contribution in [0.25, 0.3) is 0 Å². The summed E-state index contributed by atoms with van der Waals surface area (Å²) in [5.41, 5.74) is 1.14. The molecule has 0 unspecified atom stereocenters. The van der Waals surface area contributed by atoms with Gasteiger partial charge in [-0.3, -0.25) is 0 Å². The third kappa shape index (κ3) is 3.53. The van der Waals surface area contributed by atoms with Gasteiger partial charge in [0.25, 0.3) is 0 Å². The van der Waals surface area contributed by atoms with E-state index in [-0.39, 0.29) is 6.61 Å². The van der Waals surface area contributed by atoms with Gasteiger partial charge in [-0.2, -0.15) is 0 Å². The number of hydrogen-bond donors (Lipinski definition) is 1. The van der Waals surface area contributed by atoms with Gasteiger partial charge in [0.15, 0.2) is 0 Å². The number of aliphatic hydroxyl groups is 1. The van der Waals surface area contributed by atoms with Crippen molar-refractivity contribution in [2.75, 3.05) is 6.61 Å². The van der Waals surface area contributed by atoms with Crippen molar-refractivity contribution in [2.24, 2.45) is 0 Å². The molecule has 0 aliphatic heterocycles. The van der Waals surface area contributed by atoms with Crippen LogP contribution in [0.15, 0.2) is 11.6 Å². The van der Waals surface area contributed by atoms with Gasteiger partial charge in [-0.05, 0) is 20.3 Å². The summed E-state index contributed by atoms with van der Waals surface area (Å²) in [5.74, 6) is 0. The van der Waals surface area contributed by atoms with Crippen molar-refractivity contribution >= 4 is 0 Å². The first kappa shape index (κ1) is 6.70. The molecule has 1 heteroatoms. The second-order valence-corrected chi connectivity index (χ2v) is 1.52. The lowest BCUT2D eigenvalue weighted by Gasteiger charge is -1.90. The SMILES string of the molecule is [CH2]C=C(C)CCO. The van der Waals surface area contributed by atoms with Crippen LogP contribution in [0.3, 0.4) is 0 Å². The highest BCUT2D eigenvalue weighted by Crippen LogP contribution is 1.94. The summed E-state index contributed by atoms with van der Waals surface area (Å²) in [4.78, 5) is 0. The predicted octanol–water partition coefficient (Wildman–Crippen LogP) is 1.15. The lowest BCUT2D eigenvalue weighted by Crippen LogP contribution is -1.81. The van der Waals surface area contributed by atoms with E-state index in [4.69, 9.17) is 5.11 Å². The molecule has 0 aromatic carbocycles. The first-order chi connectivity index (χ1) is 3.31. The molecule has 7 heavy (non-hydrogen) atoms. The Hall–Kier alpha value is -0.300. The lowest BCUT2D eigenvalue weighted by atomic mass is 10.2. The minimum absolute atomic E-state index is 0.234. The topological polar surface area (TPSA) is 20.2 Å². The summed E-state index contributed by atoms with van der Waals surface area (Å²) >= 11 is 0. The zero-order chi connectivity index (χ0) is 5.70. The van der Waals surface area contributed by atoms with Gasteiger partial charge in [0.1, 0.15) is 0 Å². The van der Waals surface area contributed by atoms with E-state index in [9.17, 15) is 0 Å². The Balaban J connectivity index is 3.17. The van der Waals surface area contributed by atoms with Crippen LogP contribution in [-0.4, -0.2) is 11.7 Å². The van der Waals surface area contributed by atoms with Crippen LogP contribution >= 0.6 is 0 Å². The number of aliphatic hydroxyl groups excluding tert-OH is 1. The molecular weight excluding hydrogens is 88.1 g/mol. The first-order valence-corrected chi connectivity index (χ1v) is 2.37. The monoisotopic (exact) mass is 99.1 g/mol. The molecular formula is C6H11O. The molecule has 0 spiro atoms. The van der Waals surface area contributed by atoms with Crippen LogP contribution in [-0.2, 0) is 0 Å².